The van der Waals surface area contributed by atoms with Gasteiger partial charge >= 0.3 is 5.97 Å². The van der Waals surface area contributed by atoms with Crippen molar-refractivity contribution in [2.45, 2.75) is 50.5 Å². The van der Waals surface area contributed by atoms with Crippen molar-refractivity contribution in [1.29, 1.82) is 0 Å². The Morgan fingerprint density at radius 1 is 1.18 bits per heavy atom. The lowest BCUT2D eigenvalue weighted by Gasteiger charge is -2.17. The molecule has 0 aliphatic heterocycles. The van der Waals surface area contributed by atoms with Crippen LogP contribution < -0.4 is 0 Å². The third-order valence-corrected chi connectivity index (χ3v) is 6.37. The number of carboxylic acid groups (broad SMARTS) is 1. The van der Waals surface area contributed by atoms with E-state index in [1.54, 1.807) is 12.1 Å². The van der Waals surface area contributed by atoms with E-state index < -0.39 is 5.97 Å². The van der Waals surface area contributed by atoms with Crippen LogP contribution in [0.2, 0.25) is 5.02 Å². The Bertz CT molecular complexity index is 1080. The number of halogens is 2. The summed E-state index contributed by atoms with van der Waals surface area (Å²) in [4.78, 5) is 11.4. The molecule has 2 aromatic carbocycles. The van der Waals surface area contributed by atoms with Gasteiger partial charge in [-0.1, -0.05) is 23.7 Å². The molecule has 2 aliphatic carbocycles. The maximum Gasteiger partial charge on any atom is 0.304 e. The average molecular weight is 398 g/mol. The van der Waals surface area contributed by atoms with Crippen LogP contribution in [-0.2, 0) is 17.8 Å². The Hall–Kier alpha value is -2.33. The molecule has 5 rings (SSSR count). The lowest BCUT2D eigenvalue weighted by molar-refractivity contribution is -0.137. The fourth-order valence-corrected chi connectivity index (χ4v) is 4.94. The standard InChI is InChI=1S/C23H21ClFNO2/c24-16-6-1-13(2-7-16)12-26-22-15(9-21(27)28)5-8-18(22)20-11-17(25)10-19(23(20)26)14-3-4-14/h1-2,6-7,10-11,14-15H,3-5,8-9,12H2,(H,27,28)/t15-/m1/s1. The summed E-state index contributed by atoms with van der Waals surface area (Å²) in [5.41, 5.74) is 5.50. The van der Waals surface area contributed by atoms with E-state index >= 15 is 0 Å². The molecule has 1 aromatic heterocycles. The van der Waals surface area contributed by atoms with Gasteiger partial charge in [0.2, 0.25) is 0 Å². The van der Waals surface area contributed by atoms with E-state index in [4.69, 9.17) is 11.6 Å². The third-order valence-electron chi connectivity index (χ3n) is 6.12. The zero-order chi connectivity index (χ0) is 19.4. The molecular weight excluding hydrogens is 377 g/mol. The second kappa shape index (κ2) is 6.63. The molecule has 1 fully saturated rings. The van der Waals surface area contributed by atoms with Gasteiger partial charge in [0.05, 0.1) is 11.9 Å². The van der Waals surface area contributed by atoms with Crippen molar-refractivity contribution in [3.63, 3.8) is 0 Å². The zero-order valence-corrected chi connectivity index (χ0v) is 16.2. The third kappa shape index (κ3) is 3.00. The quantitative estimate of drug-likeness (QED) is 0.585. The van der Waals surface area contributed by atoms with Crippen molar-refractivity contribution >= 4 is 28.5 Å². The van der Waals surface area contributed by atoms with Crippen molar-refractivity contribution in [2.24, 2.45) is 0 Å². The number of nitrogens with zero attached hydrogens (tertiary/aromatic N) is 1. The van der Waals surface area contributed by atoms with Crippen LogP contribution in [0.15, 0.2) is 36.4 Å². The van der Waals surface area contributed by atoms with Gasteiger partial charge in [0.15, 0.2) is 0 Å². The molecule has 0 saturated heterocycles. The Labute approximate surface area is 167 Å². The summed E-state index contributed by atoms with van der Waals surface area (Å²) in [5.74, 6) is -0.588. The van der Waals surface area contributed by atoms with Crippen LogP contribution in [0.25, 0.3) is 10.9 Å². The zero-order valence-electron chi connectivity index (χ0n) is 15.4. The number of hydrogen-bond donors (Lipinski definition) is 1. The molecule has 144 valence electrons. The van der Waals surface area contributed by atoms with Crippen molar-refractivity contribution in [3.05, 3.63) is 69.6 Å². The number of aromatic nitrogens is 1. The van der Waals surface area contributed by atoms with Crippen molar-refractivity contribution in [1.82, 2.24) is 4.57 Å². The highest BCUT2D eigenvalue weighted by Crippen LogP contribution is 2.48. The first-order valence-corrected chi connectivity index (χ1v) is 10.2. The normalized spacial score (nSPS) is 18.6. The predicted octanol–water partition coefficient (Wildman–Crippen LogP) is 5.86. The molecule has 1 atom stereocenters. The molecule has 0 radical (unpaired) electrons. The summed E-state index contributed by atoms with van der Waals surface area (Å²) < 4.78 is 16.7. The Morgan fingerprint density at radius 2 is 1.93 bits per heavy atom. The number of aliphatic carboxylic acids is 1. The molecule has 5 heteroatoms. The summed E-state index contributed by atoms with van der Waals surface area (Å²) >= 11 is 6.04. The number of fused-ring (bicyclic) bond motifs is 3. The fraction of sp³-hybridized carbons (Fsp3) is 0.348. The van der Waals surface area contributed by atoms with Gasteiger partial charge in [-0.25, -0.2) is 4.39 Å². The Balaban J connectivity index is 1.73. The summed E-state index contributed by atoms with van der Waals surface area (Å²) in [5, 5.41) is 11.1. The molecule has 2 aliphatic rings. The van der Waals surface area contributed by atoms with Crippen LogP contribution in [0.1, 0.15) is 59.9 Å². The summed E-state index contributed by atoms with van der Waals surface area (Å²) in [6.07, 6.45) is 3.92. The largest absolute Gasteiger partial charge is 0.481 e. The van der Waals surface area contributed by atoms with Crippen LogP contribution in [0.3, 0.4) is 0 Å². The highest BCUT2D eigenvalue weighted by atomic mass is 35.5. The van der Waals surface area contributed by atoms with E-state index in [1.807, 2.05) is 24.3 Å². The van der Waals surface area contributed by atoms with Crippen molar-refractivity contribution in [3.8, 4) is 0 Å². The molecule has 3 nitrogen and oxygen atoms in total. The second-order valence-electron chi connectivity index (χ2n) is 8.08. The van der Waals surface area contributed by atoms with Gasteiger partial charge in [-0.15, -0.1) is 0 Å². The highest BCUT2D eigenvalue weighted by molar-refractivity contribution is 6.30. The number of rotatable bonds is 5. The molecule has 1 saturated carbocycles. The fourth-order valence-electron chi connectivity index (χ4n) is 4.81. The number of carboxylic acids is 1. The first-order valence-electron chi connectivity index (χ1n) is 9.82. The molecule has 28 heavy (non-hydrogen) atoms. The molecule has 1 heterocycles. The maximum absolute atomic E-state index is 14.4. The molecule has 3 aromatic rings. The van der Waals surface area contributed by atoms with Gasteiger partial charge in [-0.05, 0) is 72.6 Å². The lowest BCUT2D eigenvalue weighted by atomic mass is 10.0. The van der Waals surface area contributed by atoms with E-state index in [0.29, 0.717) is 17.5 Å². The number of carbonyl (C=O) groups is 1. The van der Waals surface area contributed by atoms with Gasteiger partial charge in [-0.3, -0.25) is 4.79 Å². The number of aryl methyl sites for hydroxylation is 1. The first kappa shape index (κ1) is 17.7. The van der Waals surface area contributed by atoms with E-state index in [9.17, 15) is 14.3 Å². The number of benzene rings is 2. The summed E-state index contributed by atoms with van der Waals surface area (Å²) in [6, 6.07) is 11.1. The first-order chi connectivity index (χ1) is 13.5. The van der Waals surface area contributed by atoms with Crippen LogP contribution in [0.5, 0.6) is 0 Å². The minimum atomic E-state index is -0.783. The van der Waals surface area contributed by atoms with E-state index in [2.05, 4.69) is 4.57 Å². The van der Waals surface area contributed by atoms with Gasteiger partial charge < -0.3 is 9.67 Å². The van der Waals surface area contributed by atoms with Gasteiger partial charge in [0, 0.05) is 28.6 Å². The monoisotopic (exact) mass is 397 g/mol. The van der Waals surface area contributed by atoms with Crippen LogP contribution in [0.4, 0.5) is 4.39 Å². The molecule has 0 spiro atoms. The molecule has 0 amide bonds. The lowest BCUT2D eigenvalue weighted by Crippen LogP contribution is -2.11. The van der Waals surface area contributed by atoms with Crippen LogP contribution in [-0.4, -0.2) is 15.6 Å². The summed E-state index contributed by atoms with van der Waals surface area (Å²) in [6.45, 7) is 0.643. The average Bonchev–Trinajstić information content (AvgIpc) is 3.35. The SMILES string of the molecule is O=C(O)C[C@H]1CCc2c1n(Cc1ccc(Cl)cc1)c1c(C3CC3)cc(F)cc21. The van der Waals surface area contributed by atoms with Gasteiger partial charge in [0.25, 0.3) is 0 Å². The van der Waals surface area contributed by atoms with Crippen molar-refractivity contribution in [2.75, 3.05) is 0 Å². The topological polar surface area (TPSA) is 42.2 Å². The summed E-state index contributed by atoms with van der Waals surface area (Å²) in [7, 11) is 0. The van der Waals surface area contributed by atoms with Gasteiger partial charge in [-0.2, -0.15) is 0 Å². The van der Waals surface area contributed by atoms with E-state index in [1.165, 1.54) is 0 Å². The minimum Gasteiger partial charge on any atom is -0.481 e. The van der Waals surface area contributed by atoms with Crippen LogP contribution in [0, 0.1) is 5.82 Å². The van der Waals surface area contributed by atoms with E-state index in [0.717, 1.165) is 59.0 Å². The molecule has 1 N–H and O–H groups in total. The molecule has 0 unspecified atom stereocenters. The number of hydrogen-bond acceptors (Lipinski definition) is 1. The smallest absolute Gasteiger partial charge is 0.304 e. The second-order valence-corrected chi connectivity index (χ2v) is 8.51. The Kier molecular flexibility index (Phi) is 4.20. The van der Waals surface area contributed by atoms with E-state index in [-0.39, 0.29) is 18.2 Å². The van der Waals surface area contributed by atoms with Gasteiger partial charge in [0.1, 0.15) is 5.82 Å². The molecular formula is C23H21ClFNO2. The predicted molar refractivity (Wildman–Crippen MR) is 108 cm³/mol. The Morgan fingerprint density at radius 3 is 2.61 bits per heavy atom. The van der Waals surface area contributed by atoms with Crippen molar-refractivity contribution < 1.29 is 14.3 Å². The highest BCUT2D eigenvalue weighted by Gasteiger charge is 2.35. The minimum absolute atomic E-state index is 0.0256. The maximum atomic E-state index is 14.4. The van der Waals surface area contributed by atoms with Crippen LogP contribution >= 0.6 is 11.6 Å². The molecule has 0 bridgehead atoms.